The molecule has 0 aliphatic heterocycles. The van der Waals surface area contributed by atoms with E-state index in [0.29, 0.717) is 23.6 Å². The molecule has 0 spiro atoms. The van der Waals surface area contributed by atoms with Crippen molar-refractivity contribution in [1.29, 1.82) is 0 Å². The molecule has 2 aromatic rings. The van der Waals surface area contributed by atoms with Crippen LogP contribution < -0.4 is 5.32 Å². The molecule has 1 heterocycles. The number of aliphatic hydroxyl groups is 1. The van der Waals surface area contributed by atoms with Crippen LogP contribution in [0.1, 0.15) is 5.56 Å². The first kappa shape index (κ1) is 17.4. The van der Waals surface area contributed by atoms with Gasteiger partial charge in [-0.3, -0.25) is 20.2 Å². The first-order chi connectivity index (χ1) is 11.4. The number of aliphatic hydroxyl groups excluding tert-OH is 1. The van der Waals surface area contributed by atoms with Crippen LogP contribution in [0, 0.1) is 27.2 Å². The van der Waals surface area contributed by atoms with Crippen LogP contribution in [0.5, 0.6) is 0 Å². The van der Waals surface area contributed by atoms with Crippen LogP contribution in [0.15, 0.2) is 34.5 Å². The van der Waals surface area contributed by atoms with Gasteiger partial charge in [-0.1, -0.05) is 0 Å². The number of nitrogens with zero attached hydrogens (tertiary/aromatic N) is 4. The zero-order chi connectivity index (χ0) is 17.7. The molecule has 0 aliphatic rings. The molecule has 0 unspecified atom stereocenters. The van der Waals surface area contributed by atoms with Gasteiger partial charge in [0.05, 0.1) is 22.1 Å². The van der Waals surface area contributed by atoms with E-state index in [0.717, 1.165) is 17.3 Å². The van der Waals surface area contributed by atoms with E-state index in [9.17, 15) is 20.2 Å². The highest BCUT2D eigenvalue weighted by molar-refractivity contribution is 7.19. The van der Waals surface area contributed by atoms with Crippen molar-refractivity contribution in [3.05, 3.63) is 50.1 Å². The second kappa shape index (κ2) is 7.57. The lowest BCUT2D eigenvalue weighted by Gasteiger charge is -2.06. The number of hydrogen-bond acceptors (Lipinski definition) is 9. The van der Waals surface area contributed by atoms with E-state index in [1.54, 1.807) is 25.1 Å². The van der Waals surface area contributed by atoms with Gasteiger partial charge in [-0.05, 0) is 42.0 Å². The Hall–Kier alpha value is -2.92. The van der Waals surface area contributed by atoms with Gasteiger partial charge in [-0.25, -0.2) is 0 Å². The van der Waals surface area contributed by atoms with Gasteiger partial charge in [0.25, 0.3) is 0 Å². The molecule has 126 valence electrons. The lowest BCUT2D eigenvalue weighted by atomic mass is 10.2. The molecule has 24 heavy (non-hydrogen) atoms. The molecule has 2 N–H and O–H groups in total. The summed E-state index contributed by atoms with van der Waals surface area (Å²) in [5.74, 6) is 0. The molecule has 0 bridgehead atoms. The molecule has 0 amide bonds. The first-order valence-electron chi connectivity index (χ1n) is 6.72. The van der Waals surface area contributed by atoms with E-state index in [4.69, 9.17) is 5.11 Å². The third-order valence-electron chi connectivity index (χ3n) is 2.94. The smallest absolute Gasteiger partial charge is 0.333 e. The molecule has 0 fully saturated rings. The summed E-state index contributed by atoms with van der Waals surface area (Å²) in [6.45, 7) is 2.19. The molecule has 1 aromatic carbocycles. The Morgan fingerprint density at radius 3 is 2.54 bits per heavy atom. The Bertz CT molecular complexity index is 804. The Labute approximate surface area is 139 Å². The number of anilines is 1. The predicted molar refractivity (Wildman–Crippen MR) is 88.6 cm³/mol. The molecular formula is C13H13N5O5S. The second-order valence-corrected chi connectivity index (χ2v) is 5.65. The molecule has 1 aromatic heterocycles. The lowest BCUT2D eigenvalue weighted by Crippen LogP contribution is -2.05. The number of thiophene rings is 1. The van der Waals surface area contributed by atoms with Crippen molar-refractivity contribution in [1.82, 2.24) is 0 Å². The average molecular weight is 351 g/mol. The number of rotatable bonds is 7. The number of hydrogen-bond donors (Lipinski definition) is 2. The van der Waals surface area contributed by atoms with Gasteiger partial charge < -0.3 is 10.4 Å². The third-order valence-corrected chi connectivity index (χ3v) is 3.90. The average Bonchev–Trinajstić information content (AvgIpc) is 2.96. The minimum absolute atomic E-state index is 0.00132. The summed E-state index contributed by atoms with van der Waals surface area (Å²) in [4.78, 5) is 20.2. The Kier molecular flexibility index (Phi) is 5.50. The van der Waals surface area contributed by atoms with Gasteiger partial charge >= 0.3 is 10.7 Å². The highest BCUT2D eigenvalue weighted by Gasteiger charge is 2.25. The standard InChI is InChI=1S/C13H13N5O5S/c1-8-6-9(14-4-5-19)2-3-10(8)15-16-13-11(17(20)21)7-12(24-13)18(22)23/h2-3,6-7,14,19H,4-5H2,1H3. The molecule has 11 heteroatoms. The Balaban J connectivity index is 2.27. The number of azo groups is 1. The van der Waals surface area contributed by atoms with Crippen molar-refractivity contribution in [3.63, 3.8) is 0 Å². The quantitative estimate of drug-likeness (QED) is 0.442. The number of nitro groups is 2. The van der Waals surface area contributed by atoms with Gasteiger partial charge in [0.1, 0.15) is 6.07 Å². The second-order valence-electron chi connectivity index (χ2n) is 4.64. The molecule has 0 aliphatic carbocycles. The molecule has 0 saturated heterocycles. The minimum atomic E-state index is -0.730. The van der Waals surface area contributed by atoms with Crippen molar-refractivity contribution in [3.8, 4) is 0 Å². The number of benzene rings is 1. The maximum atomic E-state index is 10.9. The van der Waals surface area contributed by atoms with Crippen molar-refractivity contribution in [2.75, 3.05) is 18.5 Å². The summed E-state index contributed by atoms with van der Waals surface area (Å²) in [6.07, 6.45) is 0. The van der Waals surface area contributed by atoms with Crippen LogP contribution in [0.25, 0.3) is 0 Å². The highest BCUT2D eigenvalue weighted by Crippen LogP contribution is 2.42. The van der Waals surface area contributed by atoms with Gasteiger partial charge in [-0.15, -0.1) is 10.2 Å². The fourth-order valence-corrected chi connectivity index (χ4v) is 2.59. The molecule has 2 rings (SSSR count). The van der Waals surface area contributed by atoms with E-state index in [-0.39, 0.29) is 16.6 Å². The normalized spacial score (nSPS) is 10.9. The zero-order valence-electron chi connectivity index (χ0n) is 12.5. The van der Waals surface area contributed by atoms with Crippen LogP contribution in [-0.4, -0.2) is 28.1 Å². The zero-order valence-corrected chi connectivity index (χ0v) is 13.3. The van der Waals surface area contributed by atoms with Crippen LogP contribution in [0.2, 0.25) is 0 Å². The van der Waals surface area contributed by atoms with Gasteiger partial charge in [0, 0.05) is 12.2 Å². The Morgan fingerprint density at radius 2 is 1.96 bits per heavy atom. The highest BCUT2D eigenvalue weighted by atomic mass is 32.1. The SMILES string of the molecule is Cc1cc(NCCO)ccc1N=Nc1sc([N+](=O)[O-])cc1[N+](=O)[O-]. The number of aryl methyl sites for hydroxylation is 1. The third kappa shape index (κ3) is 4.08. The van der Waals surface area contributed by atoms with E-state index >= 15 is 0 Å². The number of nitrogens with one attached hydrogen (secondary N) is 1. The van der Waals surface area contributed by atoms with Gasteiger partial charge in [-0.2, -0.15) is 0 Å². The van der Waals surface area contributed by atoms with Crippen molar-refractivity contribution >= 4 is 38.4 Å². The fraction of sp³-hybridized carbons (Fsp3) is 0.231. The molecule has 0 saturated carbocycles. The largest absolute Gasteiger partial charge is 0.395 e. The van der Waals surface area contributed by atoms with Crippen LogP contribution in [-0.2, 0) is 0 Å². The van der Waals surface area contributed by atoms with Crippen molar-refractivity contribution in [2.45, 2.75) is 6.92 Å². The van der Waals surface area contributed by atoms with E-state index in [2.05, 4.69) is 15.5 Å². The molecule has 0 radical (unpaired) electrons. The van der Waals surface area contributed by atoms with Crippen LogP contribution in [0.3, 0.4) is 0 Å². The van der Waals surface area contributed by atoms with Gasteiger partial charge in [0.2, 0.25) is 5.00 Å². The van der Waals surface area contributed by atoms with E-state index in [1.807, 2.05) is 0 Å². The molecular weight excluding hydrogens is 338 g/mol. The van der Waals surface area contributed by atoms with Crippen LogP contribution in [0.4, 0.5) is 27.1 Å². The topological polar surface area (TPSA) is 143 Å². The first-order valence-corrected chi connectivity index (χ1v) is 7.53. The predicted octanol–water partition coefficient (Wildman–Crippen LogP) is 3.69. The minimum Gasteiger partial charge on any atom is -0.395 e. The van der Waals surface area contributed by atoms with Crippen LogP contribution >= 0.6 is 11.3 Å². The summed E-state index contributed by atoms with van der Waals surface area (Å²) in [7, 11) is 0. The summed E-state index contributed by atoms with van der Waals surface area (Å²) >= 11 is 0.594. The van der Waals surface area contributed by atoms with E-state index < -0.39 is 15.5 Å². The monoisotopic (exact) mass is 351 g/mol. The maximum Gasteiger partial charge on any atom is 0.333 e. The van der Waals surface area contributed by atoms with Crippen molar-refractivity contribution < 1.29 is 15.0 Å². The lowest BCUT2D eigenvalue weighted by molar-refractivity contribution is -0.389. The van der Waals surface area contributed by atoms with E-state index in [1.165, 1.54) is 0 Å². The summed E-state index contributed by atoms with van der Waals surface area (Å²) in [6, 6.07) is 6.04. The molecule has 10 nitrogen and oxygen atoms in total. The maximum absolute atomic E-state index is 10.9. The fourth-order valence-electron chi connectivity index (χ4n) is 1.83. The molecule has 0 atom stereocenters. The summed E-state index contributed by atoms with van der Waals surface area (Å²) < 4.78 is 0. The Morgan fingerprint density at radius 1 is 1.21 bits per heavy atom. The summed E-state index contributed by atoms with van der Waals surface area (Å²) in [5.41, 5.74) is 1.58. The van der Waals surface area contributed by atoms with Crippen molar-refractivity contribution in [2.24, 2.45) is 10.2 Å². The summed E-state index contributed by atoms with van der Waals surface area (Å²) in [5, 5.41) is 40.7. The van der Waals surface area contributed by atoms with Gasteiger partial charge in [0.15, 0.2) is 0 Å².